The van der Waals surface area contributed by atoms with Gasteiger partial charge in [-0.1, -0.05) is 6.07 Å². The van der Waals surface area contributed by atoms with Gasteiger partial charge in [0.25, 0.3) is 0 Å². The molecule has 6 rings (SSSR count). The molecule has 198 valence electrons. The maximum absolute atomic E-state index is 12.9. The molecule has 0 aromatic carbocycles. The molecule has 2 saturated heterocycles. The molecule has 4 fully saturated rings. The Balaban J connectivity index is 0.919. The first-order valence-electron chi connectivity index (χ1n) is 12.3. The van der Waals surface area contributed by atoms with Crippen molar-refractivity contribution in [1.82, 2.24) is 24.8 Å². The summed E-state index contributed by atoms with van der Waals surface area (Å²) >= 11 is 0. The fourth-order valence-corrected chi connectivity index (χ4v) is 6.76. The number of rotatable bonds is 3. The number of carbonyl (C=O) groups excluding carboxylic acids is 1. The van der Waals surface area contributed by atoms with Gasteiger partial charge >= 0.3 is 18.4 Å². The molecule has 0 radical (unpaired) electrons. The summed E-state index contributed by atoms with van der Waals surface area (Å²) in [6.07, 6.45) is -1.51. The molecule has 12 heteroatoms. The summed E-state index contributed by atoms with van der Waals surface area (Å²) in [6, 6.07) is 2.57. The van der Waals surface area contributed by atoms with Crippen molar-refractivity contribution in [3.8, 4) is 0 Å². The van der Waals surface area contributed by atoms with Crippen LogP contribution in [0.4, 0.5) is 31.1 Å². The zero-order valence-corrected chi connectivity index (χ0v) is 19.8. The largest absolute Gasteiger partial charge is 0.434 e. The topological polar surface area (TPSA) is 62.2 Å². The Morgan fingerprint density at radius 2 is 1.35 bits per heavy atom. The summed E-state index contributed by atoms with van der Waals surface area (Å²) in [5.74, 6) is 0.516. The van der Waals surface area contributed by atoms with Gasteiger partial charge in [0.1, 0.15) is 5.69 Å². The van der Waals surface area contributed by atoms with Crippen molar-refractivity contribution in [2.24, 2.45) is 16.7 Å². The molecular formula is C25H25F6N5O. The number of pyridine rings is 1. The maximum Gasteiger partial charge on any atom is 0.434 e. The number of alkyl halides is 6. The normalized spacial score (nSPS) is 22.9. The molecule has 4 heterocycles. The monoisotopic (exact) mass is 525 g/mol. The van der Waals surface area contributed by atoms with E-state index in [9.17, 15) is 31.1 Å². The molecule has 2 amide bonds. The SMILES string of the molecule is O=C(N1CC2(CC(Cc3cnc(C(F)(F)F)cn3)C2)C1)N1CC2(CC(c3ccc(C(F)(F)F)nc3)C2)C1. The Bertz CT molecular complexity index is 1170. The molecule has 0 atom stereocenters. The highest BCUT2D eigenvalue weighted by molar-refractivity contribution is 5.77. The Labute approximate surface area is 209 Å². The first-order valence-corrected chi connectivity index (χ1v) is 12.3. The van der Waals surface area contributed by atoms with E-state index in [1.165, 1.54) is 18.5 Å². The number of hydrogen-bond donors (Lipinski definition) is 0. The molecule has 4 aliphatic rings. The number of nitrogens with zero attached hydrogens (tertiary/aromatic N) is 5. The van der Waals surface area contributed by atoms with Crippen molar-refractivity contribution in [3.63, 3.8) is 0 Å². The Morgan fingerprint density at radius 1 is 0.784 bits per heavy atom. The lowest BCUT2D eigenvalue weighted by atomic mass is 9.56. The fraction of sp³-hybridized carbons (Fsp3) is 0.600. The van der Waals surface area contributed by atoms with E-state index in [0.717, 1.165) is 43.5 Å². The standard InChI is InChI=1S/C25H25F6N5O/c26-24(27,28)19-2-1-16(8-33-19)17-6-23(7-17)13-36(14-23)21(37)35-11-22(12-35)4-15(5-22)3-18-9-34-20(10-32-18)25(29,30)31/h1-2,8-10,15,17H,3-7,11-14H2. The van der Waals surface area contributed by atoms with Gasteiger partial charge in [-0.3, -0.25) is 9.97 Å². The number of carbonyl (C=O) groups is 1. The van der Waals surface area contributed by atoms with Gasteiger partial charge in [0.2, 0.25) is 0 Å². The maximum atomic E-state index is 12.9. The van der Waals surface area contributed by atoms with E-state index in [2.05, 4.69) is 15.0 Å². The molecule has 2 aromatic heterocycles. The number of urea groups is 1. The lowest BCUT2D eigenvalue weighted by Gasteiger charge is -2.63. The molecule has 2 spiro atoms. The number of amides is 2. The van der Waals surface area contributed by atoms with Crippen LogP contribution in [0.2, 0.25) is 0 Å². The van der Waals surface area contributed by atoms with Crippen LogP contribution in [0.15, 0.2) is 30.7 Å². The molecule has 0 N–H and O–H groups in total. The summed E-state index contributed by atoms with van der Waals surface area (Å²) in [5.41, 5.74) is -0.332. The van der Waals surface area contributed by atoms with Crippen LogP contribution < -0.4 is 0 Å². The van der Waals surface area contributed by atoms with Crippen LogP contribution in [0.3, 0.4) is 0 Å². The average Bonchev–Trinajstić information content (AvgIpc) is 2.71. The Hall–Kier alpha value is -2.92. The van der Waals surface area contributed by atoms with Crippen molar-refractivity contribution >= 4 is 6.03 Å². The third-order valence-electron chi connectivity index (χ3n) is 8.49. The Morgan fingerprint density at radius 3 is 1.84 bits per heavy atom. The highest BCUT2D eigenvalue weighted by atomic mass is 19.4. The first kappa shape index (κ1) is 24.4. The number of aromatic nitrogens is 3. The number of hydrogen-bond acceptors (Lipinski definition) is 4. The quantitative estimate of drug-likeness (QED) is 0.520. The summed E-state index contributed by atoms with van der Waals surface area (Å²) in [7, 11) is 0. The van der Waals surface area contributed by atoms with E-state index >= 15 is 0 Å². The highest BCUT2D eigenvalue weighted by Gasteiger charge is 2.58. The second-order valence-electron chi connectivity index (χ2n) is 11.4. The minimum absolute atomic E-state index is 0.0351. The smallest absolute Gasteiger partial charge is 0.323 e. The van der Waals surface area contributed by atoms with Crippen LogP contribution in [-0.2, 0) is 18.8 Å². The van der Waals surface area contributed by atoms with Crippen molar-refractivity contribution < 1.29 is 31.1 Å². The van der Waals surface area contributed by atoms with Crippen molar-refractivity contribution in [3.05, 3.63) is 53.4 Å². The second kappa shape index (κ2) is 8.04. The second-order valence-corrected chi connectivity index (χ2v) is 11.4. The van der Waals surface area contributed by atoms with Gasteiger partial charge in [-0.05, 0) is 55.6 Å². The van der Waals surface area contributed by atoms with Gasteiger partial charge < -0.3 is 9.80 Å². The van der Waals surface area contributed by atoms with Gasteiger partial charge in [-0.15, -0.1) is 0 Å². The number of halogens is 6. The third kappa shape index (κ3) is 4.41. The molecule has 6 nitrogen and oxygen atoms in total. The van der Waals surface area contributed by atoms with Crippen molar-refractivity contribution in [2.45, 2.75) is 50.4 Å². The van der Waals surface area contributed by atoms with Crippen LogP contribution in [0.25, 0.3) is 0 Å². The summed E-state index contributed by atoms with van der Waals surface area (Å²) in [6.45, 7) is 2.75. The fourth-order valence-electron chi connectivity index (χ4n) is 6.76. The summed E-state index contributed by atoms with van der Waals surface area (Å²) in [4.78, 5) is 27.5. The van der Waals surface area contributed by atoms with Crippen LogP contribution in [0.1, 0.15) is 54.2 Å². The number of likely N-dealkylation sites (tertiary alicyclic amines) is 2. The molecule has 37 heavy (non-hydrogen) atoms. The minimum Gasteiger partial charge on any atom is -0.323 e. The van der Waals surface area contributed by atoms with E-state index in [0.29, 0.717) is 44.2 Å². The lowest BCUT2D eigenvalue weighted by Crippen LogP contribution is -2.70. The van der Waals surface area contributed by atoms with Crippen LogP contribution in [0.5, 0.6) is 0 Å². The average molecular weight is 525 g/mol. The first-order chi connectivity index (χ1) is 17.3. The van der Waals surface area contributed by atoms with E-state index in [1.807, 2.05) is 9.80 Å². The summed E-state index contributed by atoms with van der Waals surface area (Å²) < 4.78 is 76.0. The zero-order valence-electron chi connectivity index (χ0n) is 19.8. The van der Waals surface area contributed by atoms with Gasteiger partial charge in [-0.25, -0.2) is 9.78 Å². The molecule has 0 bridgehead atoms. The lowest BCUT2D eigenvalue weighted by molar-refractivity contribution is -0.142. The minimum atomic E-state index is -4.49. The molecule has 2 aromatic rings. The third-order valence-corrected chi connectivity index (χ3v) is 8.49. The zero-order chi connectivity index (χ0) is 26.2. The van der Waals surface area contributed by atoms with Gasteiger partial charge in [-0.2, -0.15) is 26.3 Å². The van der Waals surface area contributed by atoms with Gasteiger partial charge in [0.15, 0.2) is 5.69 Å². The van der Waals surface area contributed by atoms with Gasteiger partial charge in [0, 0.05) is 49.4 Å². The van der Waals surface area contributed by atoms with E-state index in [4.69, 9.17) is 0 Å². The van der Waals surface area contributed by atoms with Gasteiger partial charge in [0.05, 0.1) is 11.9 Å². The van der Waals surface area contributed by atoms with Crippen molar-refractivity contribution in [1.29, 1.82) is 0 Å². The molecule has 0 unspecified atom stereocenters. The van der Waals surface area contributed by atoms with Crippen LogP contribution in [0, 0.1) is 16.7 Å². The van der Waals surface area contributed by atoms with E-state index in [1.54, 1.807) is 0 Å². The molecular weight excluding hydrogens is 500 g/mol. The molecule has 2 aliphatic heterocycles. The van der Waals surface area contributed by atoms with Crippen LogP contribution >= 0.6 is 0 Å². The summed E-state index contributed by atoms with van der Waals surface area (Å²) in [5, 5.41) is 0. The van der Waals surface area contributed by atoms with E-state index in [-0.39, 0.29) is 22.8 Å². The van der Waals surface area contributed by atoms with Crippen LogP contribution in [-0.4, -0.2) is 57.0 Å². The van der Waals surface area contributed by atoms with Crippen molar-refractivity contribution in [2.75, 3.05) is 26.2 Å². The predicted octanol–water partition coefficient (Wildman–Crippen LogP) is 5.16. The molecule has 2 aliphatic carbocycles. The highest BCUT2D eigenvalue weighted by Crippen LogP contribution is 2.57. The molecule has 2 saturated carbocycles. The Kier molecular flexibility index (Phi) is 5.30. The van der Waals surface area contributed by atoms with E-state index < -0.39 is 23.7 Å². The predicted molar refractivity (Wildman–Crippen MR) is 118 cm³/mol.